The van der Waals surface area contributed by atoms with Gasteiger partial charge in [0, 0.05) is 29.3 Å². The third-order valence-electron chi connectivity index (χ3n) is 6.27. The molecule has 200 valence electrons. The van der Waals surface area contributed by atoms with E-state index in [0.717, 1.165) is 28.0 Å². The first-order valence-electron chi connectivity index (χ1n) is 12.0. The fourth-order valence-electron chi connectivity index (χ4n) is 4.58. The average Bonchev–Trinajstić information content (AvgIpc) is 3.55. The molecule has 6 rings (SSSR count). The van der Waals surface area contributed by atoms with Crippen molar-refractivity contribution in [2.24, 2.45) is 0 Å². The second-order valence-corrected chi connectivity index (χ2v) is 10.1. The van der Waals surface area contributed by atoms with Crippen molar-refractivity contribution < 1.29 is 27.8 Å². The van der Waals surface area contributed by atoms with E-state index in [1.165, 1.54) is 30.6 Å². The highest BCUT2D eigenvalue weighted by Gasteiger charge is 2.31. The average molecular weight is 560 g/mol. The van der Waals surface area contributed by atoms with Gasteiger partial charge in [-0.3, -0.25) is 5.32 Å². The number of halogens is 2. The van der Waals surface area contributed by atoms with Crippen LogP contribution in [0, 0.1) is 25.1 Å². The van der Waals surface area contributed by atoms with Gasteiger partial charge in [-0.15, -0.1) is 11.3 Å². The highest BCUT2D eigenvalue weighted by atomic mass is 32.1. The van der Waals surface area contributed by atoms with Gasteiger partial charge in [0.2, 0.25) is 5.88 Å². The van der Waals surface area contributed by atoms with E-state index in [0.29, 0.717) is 39.4 Å². The summed E-state index contributed by atoms with van der Waals surface area (Å²) in [4.78, 5) is 29.1. The quantitative estimate of drug-likeness (QED) is 0.242. The number of nitrogens with one attached hydrogen (secondary N) is 1. The molecular formula is C28H19F2N5O4S. The minimum absolute atomic E-state index is 0.0405. The van der Waals surface area contributed by atoms with Crippen molar-refractivity contribution in [2.75, 3.05) is 19.0 Å². The number of hydrogen-bond donors (Lipinski definition) is 1. The predicted octanol–water partition coefficient (Wildman–Crippen LogP) is 6.60. The van der Waals surface area contributed by atoms with E-state index >= 15 is 4.39 Å². The number of ether oxygens (including phenoxy) is 3. The molecule has 0 fully saturated rings. The number of amides is 1. The summed E-state index contributed by atoms with van der Waals surface area (Å²) in [6.45, 7) is 8.79. The Bertz CT molecular complexity index is 1870. The molecule has 1 N–H and O–H groups in total. The maximum Gasteiger partial charge on any atom is 0.411 e. The highest BCUT2D eigenvalue weighted by Crippen LogP contribution is 2.43. The molecule has 0 saturated carbocycles. The fraction of sp³-hybridized carbons (Fsp3) is 0.179. The molecule has 1 atom stereocenters. The van der Waals surface area contributed by atoms with Gasteiger partial charge in [-0.2, -0.15) is 0 Å². The summed E-state index contributed by atoms with van der Waals surface area (Å²) in [5.74, 6) is -0.720. The molecule has 40 heavy (non-hydrogen) atoms. The Kier molecular flexibility index (Phi) is 6.36. The number of benzene rings is 3. The molecule has 1 aliphatic rings. The van der Waals surface area contributed by atoms with E-state index in [2.05, 4.69) is 20.1 Å². The lowest BCUT2D eigenvalue weighted by atomic mass is 10.1. The molecule has 1 amide bonds. The number of carbonyl (C=O) groups excluding carboxylic acids is 1. The van der Waals surface area contributed by atoms with Gasteiger partial charge in [0.25, 0.3) is 0 Å². The molecule has 12 heteroatoms. The van der Waals surface area contributed by atoms with E-state index in [1.807, 2.05) is 19.1 Å². The highest BCUT2D eigenvalue weighted by molar-refractivity contribution is 7.22. The van der Waals surface area contributed by atoms with Crippen LogP contribution in [0.2, 0.25) is 0 Å². The third-order valence-corrected chi connectivity index (χ3v) is 7.43. The zero-order valence-electron chi connectivity index (χ0n) is 21.1. The van der Waals surface area contributed by atoms with Gasteiger partial charge >= 0.3 is 6.09 Å². The van der Waals surface area contributed by atoms with Crippen molar-refractivity contribution in [3.8, 4) is 22.2 Å². The van der Waals surface area contributed by atoms with Gasteiger partial charge in [0.1, 0.15) is 23.5 Å². The standard InChI is InChI=1S/C28H19F2N5O4S/c1-13-4-18(24-21(5-13)34-23(37-3)11-32-24)27-35-22-10-20(30)25-19(26(22)40-27)9-17(39-25)12-38-28(36)33-16-7-14(29)6-15(8-16)31-2/h4-8,10-11,17H,9,12H2,1,3H3,(H,33,36)/t17-/m1/s1. The SMILES string of the molecule is [C-]#[N+]c1cc(F)cc(NC(=O)OC[C@H]2Cc3c(c(F)cc4nc(-c5cc(C)cc6nc(OC)cnc56)sc34)O2)c1. The van der Waals surface area contributed by atoms with Crippen LogP contribution in [0.15, 0.2) is 42.6 Å². The summed E-state index contributed by atoms with van der Waals surface area (Å²) in [5, 5.41) is 3.05. The van der Waals surface area contributed by atoms with Crippen LogP contribution < -0.4 is 14.8 Å². The van der Waals surface area contributed by atoms with Crippen LogP contribution in [0.5, 0.6) is 11.6 Å². The number of fused-ring (bicyclic) bond motifs is 4. The second kappa shape index (κ2) is 10.0. The molecule has 0 aliphatic carbocycles. The zero-order valence-corrected chi connectivity index (χ0v) is 21.9. The van der Waals surface area contributed by atoms with Crippen LogP contribution >= 0.6 is 11.3 Å². The molecule has 0 unspecified atom stereocenters. The van der Waals surface area contributed by atoms with Crippen molar-refractivity contribution in [3.05, 3.63) is 76.8 Å². The first-order valence-corrected chi connectivity index (χ1v) is 12.8. The molecule has 1 aliphatic heterocycles. The van der Waals surface area contributed by atoms with E-state index in [9.17, 15) is 9.18 Å². The van der Waals surface area contributed by atoms with Gasteiger partial charge in [0.15, 0.2) is 17.3 Å². The van der Waals surface area contributed by atoms with E-state index in [4.69, 9.17) is 25.8 Å². The maximum atomic E-state index is 15.0. The van der Waals surface area contributed by atoms with Crippen LogP contribution in [0.1, 0.15) is 11.1 Å². The monoisotopic (exact) mass is 559 g/mol. The first kappa shape index (κ1) is 25.4. The summed E-state index contributed by atoms with van der Waals surface area (Å²) in [6.07, 6.45) is 0.358. The number of aryl methyl sites for hydroxylation is 1. The summed E-state index contributed by atoms with van der Waals surface area (Å²) in [5.41, 5.74) is 4.30. The molecule has 5 aromatic rings. The second-order valence-electron chi connectivity index (χ2n) is 9.10. The van der Waals surface area contributed by atoms with Gasteiger partial charge < -0.3 is 14.2 Å². The number of thiazole rings is 1. The van der Waals surface area contributed by atoms with E-state index in [-0.39, 0.29) is 23.7 Å². The molecular weight excluding hydrogens is 540 g/mol. The molecule has 3 heterocycles. The lowest BCUT2D eigenvalue weighted by Crippen LogP contribution is -2.25. The smallest absolute Gasteiger partial charge is 0.411 e. The largest absolute Gasteiger partial charge is 0.483 e. The molecule has 0 saturated heterocycles. The van der Waals surface area contributed by atoms with E-state index < -0.39 is 23.8 Å². The Labute approximate surface area is 230 Å². The van der Waals surface area contributed by atoms with Crippen LogP contribution in [-0.4, -0.2) is 40.9 Å². The maximum absolute atomic E-state index is 15.0. The van der Waals surface area contributed by atoms with Crippen LogP contribution in [0.3, 0.4) is 0 Å². The molecule has 0 radical (unpaired) electrons. The van der Waals surface area contributed by atoms with Crippen molar-refractivity contribution >= 4 is 50.1 Å². The van der Waals surface area contributed by atoms with Crippen LogP contribution in [-0.2, 0) is 11.2 Å². The number of anilines is 1. The number of aromatic nitrogens is 3. The molecule has 0 spiro atoms. The Morgan fingerprint density at radius 3 is 2.85 bits per heavy atom. The Hall–Kier alpha value is -4.89. The van der Waals surface area contributed by atoms with Crippen molar-refractivity contribution in [2.45, 2.75) is 19.4 Å². The Balaban J connectivity index is 1.24. The minimum Gasteiger partial charge on any atom is -0.483 e. The van der Waals surface area contributed by atoms with Crippen molar-refractivity contribution in [3.63, 3.8) is 0 Å². The van der Waals surface area contributed by atoms with Gasteiger partial charge in [-0.25, -0.2) is 33.4 Å². The fourth-order valence-corrected chi connectivity index (χ4v) is 5.69. The lowest BCUT2D eigenvalue weighted by molar-refractivity contribution is 0.100. The summed E-state index contributed by atoms with van der Waals surface area (Å²) in [6, 6.07) is 8.65. The number of methoxy groups -OCH3 is 1. The minimum atomic E-state index is -0.851. The lowest BCUT2D eigenvalue weighted by Gasteiger charge is -2.12. The normalized spacial score (nSPS) is 14.0. The molecule has 3 aromatic carbocycles. The molecule has 2 aromatic heterocycles. The van der Waals surface area contributed by atoms with Crippen LogP contribution in [0.25, 0.3) is 36.7 Å². The van der Waals surface area contributed by atoms with Gasteiger partial charge in [-0.1, -0.05) is 0 Å². The Morgan fingerprint density at radius 2 is 2.05 bits per heavy atom. The van der Waals surface area contributed by atoms with Gasteiger partial charge in [0.05, 0.1) is 41.1 Å². The zero-order chi connectivity index (χ0) is 28.0. The number of hydrogen-bond acceptors (Lipinski definition) is 8. The topological polar surface area (TPSA) is 99.8 Å². The van der Waals surface area contributed by atoms with E-state index in [1.54, 1.807) is 6.20 Å². The van der Waals surface area contributed by atoms with Crippen LogP contribution in [0.4, 0.5) is 25.0 Å². The summed E-state index contributed by atoms with van der Waals surface area (Å²) >= 11 is 1.39. The molecule has 0 bridgehead atoms. The first-order chi connectivity index (χ1) is 19.3. The number of rotatable bonds is 5. The third kappa shape index (κ3) is 4.71. The summed E-state index contributed by atoms with van der Waals surface area (Å²) in [7, 11) is 1.53. The predicted molar refractivity (Wildman–Crippen MR) is 145 cm³/mol. The van der Waals surface area contributed by atoms with Crippen molar-refractivity contribution in [1.82, 2.24) is 15.0 Å². The molecule has 9 nitrogen and oxygen atoms in total. The Morgan fingerprint density at radius 1 is 1.20 bits per heavy atom. The van der Waals surface area contributed by atoms with Crippen molar-refractivity contribution in [1.29, 1.82) is 0 Å². The summed E-state index contributed by atoms with van der Waals surface area (Å²) < 4.78 is 45.7. The number of carbonyl (C=O) groups is 1. The van der Waals surface area contributed by atoms with Gasteiger partial charge in [-0.05, 0) is 42.8 Å². The number of nitrogens with zero attached hydrogens (tertiary/aromatic N) is 4.